The van der Waals surface area contributed by atoms with Gasteiger partial charge in [-0.25, -0.2) is 0 Å². The molecule has 12 fully saturated rings. The molecule has 502 valence electrons. The normalized spacial score (nSPS) is 33.8. The van der Waals surface area contributed by atoms with Gasteiger partial charge in [-0.2, -0.15) is 0 Å². The van der Waals surface area contributed by atoms with Crippen LogP contribution in [0.4, 0.5) is 0 Å². The fourth-order valence-corrected chi connectivity index (χ4v) is 21.5. The predicted octanol–water partition coefficient (Wildman–Crippen LogP) is 27.8. The van der Waals surface area contributed by atoms with Gasteiger partial charge in [0.1, 0.15) is 0 Å². The van der Waals surface area contributed by atoms with Gasteiger partial charge in [0.25, 0.3) is 0 Å². The summed E-state index contributed by atoms with van der Waals surface area (Å²) >= 11 is 0. The number of benzene rings is 2. The SMILES string of the molecule is CC(C)(C)C12CC3CC(CC(C3)C1)C2.CC(C)(C)C1C2CC3CC(C2)CC1C3.CCCC(CC)CC(C)(C)C.Cc1cccc(C)c1C(C)(C)C.[2H]C([2H])(C(CC)CCC)C(C)(C)C.[2H]C1(C(C)(C)C)C2CC3CC(C2)CC1C3.[2H]c1c([2H])c([2H])c(C(C)(C)C)c(C)c1[2H]. The van der Waals surface area contributed by atoms with Crippen molar-refractivity contribution < 1.29 is 9.60 Å². The van der Waals surface area contributed by atoms with E-state index >= 15 is 0 Å². The van der Waals surface area contributed by atoms with E-state index in [0.717, 1.165) is 89.8 Å². The van der Waals surface area contributed by atoms with Gasteiger partial charge in [0, 0.05) is 4.11 Å². The van der Waals surface area contributed by atoms with Crippen LogP contribution in [-0.2, 0) is 10.8 Å². The smallest absolute Gasteiger partial charge is 0.0626 e. The minimum Gasteiger partial charge on any atom is -0.0654 e. The molecular weight excluding hydrogens is 1040 g/mol. The van der Waals surface area contributed by atoms with E-state index in [9.17, 15) is 0 Å². The van der Waals surface area contributed by atoms with Gasteiger partial charge in [-0.3, -0.25) is 0 Å². The Hall–Kier alpha value is -1.56. The molecule has 0 heteroatoms. The minimum atomic E-state index is -1.04. The van der Waals surface area contributed by atoms with Crippen molar-refractivity contribution in [1.29, 1.82) is 0 Å². The third kappa shape index (κ3) is 22.6. The predicted molar refractivity (Wildman–Crippen MR) is 390 cm³/mol. The zero-order valence-corrected chi connectivity index (χ0v) is 63.6. The van der Waals surface area contributed by atoms with E-state index in [1.807, 2.05) is 41.5 Å². The van der Waals surface area contributed by atoms with Crippen molar-refractivity contribution in [2.45, 2.75) is 359 Å². The fraction of sp³-hybridized carbons (Fsp3) is 0.862. The van der Waals surface area contributed by atoms with E-state index < -0.39 is 6.37 Å². The molecule has 12 aliphatic carbocycles. The van der Waals surface area contributed by atoms with Crippen LogP contribution in [0.1, 0.15) is 365 Å². The first-order valence-electron chi connectivity index (χ1n) is 40.9. The molecule has 2 atom stereocenters. The molecule has 2 aromatic carbocycles. The lowest BCUT2D eigenvalue weighted by molar-refractivity contribution is -0.113. The van der Waals surface area contributed by atoms with E-state index in [4.69, 9.17) is 9.60 Å². The summed E-state index contributed by atoms with van der Waals surface area (Å²) in [6.45, 7) is 62.3. The number of aryl methyl sites for hydroxylation is 2. The molecule has 0 saturated heterocycles. The van der Waals surface area contributed by atoms with Crippen LogP contribution >= 0.6 is 0 Å². The quantitative estimate of drug-likeness (QED) is 0.247. The minimum absolute atomic E-state index is 0.0703. The van der Waals surface area contributed by atoms with Gasteiger partial charge in [0.15, 0.2) is 0 Å². The lowest BCUT2D eigenvalue weighted by Gasteiger charge is -2.62. The Kier molecular flexibility index (Phi) is 23.4. The van der Waals surface area contributed by atoms with Crippen LogP contribution in [0, 0.1) is 142 Å². The largest absolute Gasteiger partial charge is 0.0654 e. The van der Waals surface area contributed by atoms with Gasteiger partial charge in [-0.1, -0.05) is 254 Å². The van der Waals surface area contributed by atoms with Crippen molar-refractivity contribution >= 4 is 0 Å². The molecule has 0 aliphatic heterocycles. The Bertz CT molecular complexity index is 2530. The maximum atomic E-state index is 9.00. The second kappa shape index (κ2) is 31.1. The van der Waals surface area contributed by atoms with Crippen molar-refractivity contribution in [3.63, 3.8) is 0 Å². The Morgan fingerprint density at radius 3 is 1.15 bits per heavy atom. The molecule has 12 saturated carbocycles. The van der Waals surface area contributed by atoms with Gasteiger partial charge < -0.3 is 0 Å². The molecular formula is C87H154. The van der Waals surface area contributed by atoms with Gasteiger partial charge in [-0.05, 0) is 296 Å². The third-order valence-corrected chi connectivity index (χ3v) is 23.5. The lowest BCUT2D eigenvalue weighted by atomic mass is 9.43. The molecule has 2 aromatic rings. The number of rotatable bonds is 8. The Labute approximate surface area is 557 Å². The Morgan fingerprint density at radius 2 is 0.839 bits per heavy atom. The van der Waals surface area contributed by atoms with Crippen LogP contribution in [0.5, 0.6) is 0 Å². The third-order valence-electron chi connectivity index (χ3n) is 23.5. The number of hydrogen-bond acceptors (Lipinski definition) is 0. The summed E-state index contributed by atoms with van der Waals surface area (Å²) in [7, 11) is 0. The summed E-state index contributed by atoms with van der Waals surface area (Å²) in [5.74, 6) is 13.3. The molecule has 0 radical (unpaired) electrons. The van der Waals surface area contributed by atoms with Crippen molar-refractivity contribution in [1.82, 2.24) is 0 Å². The molecule has 0 amide bonds. The molecule has 87 heavy (non-hydrogen) atoms. The zero-order valence-electron chi connectivity index (χ0n) is 70.6. The summed E-state index contributed by atoms with van der Waals surface area (Å²) < 4.78 is 55.9. The molecule has 12 bridgehead atoms. The highest BCUT2D eigenvalue weighted by Gasteiger charge is 2.56. The van der Waals surface area contributed by atoms with E-state index in [-0.39, 0.29) is 57.6 Å². The van der Waals surface area contributed by atoms with Crippen LogP contribution in [-0.4, -0.2) is 0 Å². The van der Waals surface area contributed by atoms with Gasteiger partial charge in [-0.15, -0.1) is 0 Å². The Morgan fingerprint density at radius 1 is 0.460 bits per heavy atom. The van der Waals surface area contributed by atoms with Crippen molar-refractivity contribution in [2.24, 2.45) is 121 Å². The van der Waals surface area contributed by atoms with E-state index in [2.05, 4.69) is 164 Å². The van der Waals surface area contributed by atoms with Crippen molar-refractivity contribution in [3.8, 4) is 0 Å². The maximum absolute atomic E-state index is 9.00. The van der Waals surface area contributed by atoms with Crippen LogP contribution in [0.2, 0.25) is 0 Å². The molecule has 0 spiro atoms. The van der Waals surface area contributed by atoms with Crippen molar-refractivity contribution in [3.05, 3.63) is 70.2 Å². The first-order valence-corrected chi connectivity index (χ1v) is 37.4. The summed E-state index contributed by atoms with van der Waals surface area (Å²) in [5, 5.41) is 0. The zero-order chi connectivity index (χ0) is 71.7. The highest BCUT2D eigenvalue weighted by molar-refractivity contribution is 5.38. The molecule has 0 nitrogen and oxygen atoms in total. The summed E-state index contributed by atoms with van der Waals surface area (Å²) in [6.07, 6.45) is 31.7. The molecule has 12 aliphatic rings. The van der Waals surface area contributed by atoms with Crippen LogP contribution in [0.25, 0.3) is 0 Å². The maximum Gasteiger partial charge on any atom is 0.0626 e. The standard InChI is InChI=1S/3C14H24.C12H18.C11H16.2C11H24/c1-13(2,3)14-7-10-4-11(8-14)6-12(5-10)9-14;2*1-14(2,3)13-11-5-9-4-10(7-11)8-12(13)6-9;1-9-7-6-8-10(2)11(9)12(3,4)5;1-9-7-5-6-8-10(9)11(2,3)4;2*1-6-8-10(7-2)9-11(3,4)5/h10-12H,4-9H2,1-3H3;2*9-13H,4-8H2,1-3H3;6-8H,1-5H3;5-8H,1-4H3;2*10H,6-9H2,1-5H3/i;13D;;;5D,6D,7D,8D;9D2;. The lowest BCUT2D eigenvalue weighted by Crippen LogP contribution is -2.51. The summed E-state index contributed by atoms with van der Waals surface area (Å²) in [4.78, 5) is 0. The second-order valence-corrected chi connectivity index (χ2v) is 39.2. The molecule has 2 unspecified atom stereocenters. The van der Waals surface area contributed by atoms with Crippen LogP contribution < -0.4 is 0 Å². The average molecular weight is 1210 g/mol. The molecule has 14 rings (SSSR count). The van der Waals surface area contributed by atoms with Gasteiger partial charge >= 0.3 is 0 Å². The van der Waals surface area contributed by atoms with Gasteiger partial charge in [0.05, 0.1) is 5.48 Å². The topological polar surface area (TPSA) is 0 Å². The molecule has 0 heterocycles. The van der Waals surface area contributed by atoms with Crippen molar-refractivity contribution in [2.75, 3.05) is 0 Å². The van der Waals surface area contributed by atoms with E-state index in [0.29, 0.717) is 39.2 Å². The highest BCUT2D eigenvalue weighted by atomic mass is 14.6. The monoisotopic (exact) mass is 1210 g/mol. The summed E-state index contributed by atoms with van der Waals surface area (Å²) in [6, 6.07) is 6.36. The highest BCUT2D eigenvalue weighted by Crippen LogP contribution is 2.66. The molecule has 0 aromatic heterocycles. The van der Waals surface area contributed by atoms with Gasteiger partial charge in [0.2, 0.25) is 0 Å². The number of hydrogen-bond donors (Lipinski definition) is 0. The Balaban J connectivity index is 0.000000199. The average Bonchev–Trinajstić information content (AvgIpc) is 0.728. The first kappa shape index (κ1) is 65.5. The second-order valence-electron chi connectivity index (χ2n) is 39.2. The molecule has 0 N–H and O–H groups in total. The van der Waals surface area contributed by atoms with E-state index in [1.165, 1.54) is 74.5 Å². The first-order chi connectivity index (χ1) is 42.8. The van der Waals surface area contributed by atoms with E-state index in [1.54, 1.807) is 77.6 Å². The fourth-order valence-electron chi connectivity index (χ4n) is 21.5. The van der Waals surface area contributed by atoms with Crippen LogP contribution in [0.15, 0.2) is 42.4 Å². The van der Waals surface area contributed by atoms with Crippen LogP contribution in [0.3, 0.4) is 0 Å². The summed E-state index contributed by atoms with van der Waals surface area (Å²) in [5.41, 5.74) is 7.98.